The van der Waals surface area contributed by atoms with E-state index < -0.39 is 0 Å². The molecule has 0 aliphatic carbocycles. The van der Waals surface area contributed by atoms with Gasteiger partial charge in [0.1, 0.15) is 0 Å². The van der Waals surface area contributed by atoms with Crippen molar-refractivity contribution in [2.24, 2.45) is 5.41 Å². The average molecular weight is 190 g/mol. The van der Waals surface area contributed by atoms with Gasteiger partial charge in [-0.2, -0.15) is 0 Å². The van der Waals surface area contributed by atoms with Crippen molar-refractivity contribution in [3.05, 3.63) is 18.7 Å². The van der Waals surface area contributed by atoms with Gasteiger partial charge >= 0.3 is 0 Å². The van der Waals surface area contributed by atoms with Crippen LogP contribution in [-0.2, 0) is 6.54 Å². The highest BCUT2D eigenvalue weighted by Gasteiger charge is 2.13. The van der Waals surface area contributed by atoms with Crippen LogP contribution in [0.15, 0.2) is 18.7 Å². The predicted octanol–water partition coefficient (Wildman–Crippen LogP) is 1.87. The molecule has 0 aliphatic rings. The van der Waals surface area contributed by atoms with Crippen molar-refractivity contribution in [3.63, 3.8) is 0 Å². The number of aromatic nitrogens is 4. The lowest BCUT2D eigenvalue weighted by Gasteiger charge is -2.18. The van der Waals surface area contributed by atoms with Gasteiger partial charge < -0.3 is 4.57 Å². The number of fused-ring (bicyclic) bond motifs is 1. The van der Waals surface area contributed by atoms with Crippen molar-refractivity contribution < 1.29 is 0 Å². The Morgan fingerprint density at radius 3 is 2.57 bits per heavy atom. The Hall–Kier alpha value is -1.45. The molecule has 2 aromatic rings. The lowest BCUT2D eigenvalue weighted by molar-refractivity contribution is 0.347. The van der Waals surface area contributed by atoms with Gasteiger partial charge in [-0.3, -0.25) is 0 Å². The van der Waals surface area contributed by atoms with E-state index in [1.807, 2.05) is 4.57 Å². The first kappa shape index (κ1) is 9.12. The zero-order valence-electron chi connectivity index (χ0n) is 8.73. The topological polar surface area (TPSA) is 43.6 Å². The van der Waals surface area contributed by atoms with Crippen LogP contribution in [0.3, 0.4) is 0 Å². The molecule has 2 rings (SSSR count). The minimum absolute atomic E-state index is 0.227. The molecule has 0 amide bonds. The number of rotatable bonds is 1. The molecule has 0 unspecified atom stereocenters. The quantitative estimate of drug-likeness (QED) is 0.689. The van der Waals surface area contributed by atoms with Crippen molar-refractivity contribution in [2.45, 2.75) is 27.3 Å². The molecule has 0 aromatic carbocycles. The third kappa shape index (κ3) is 1.73. The molecule has 0 fully saturated rings. The van der Waals surface area contributed by atoms with Crippen LogP contribution in [0.4, 0.5) is 0 Å². The number of imidazole rings is 1. The molecule has 74 valence electrons. The van der Waals surface area contributed by atoms with Crippen LogP contribution in [0.25, 0.3) is 11.3 Å². The summed E-state index contributed by atoms with van der Waals surface area (Å²) in [5, 5.41) is 0. The number of hydrogen-bond donors (Lipinski definition) is 0. The number of hydrogen-bond acceptors (Lipinski definition) is 3. The molecular formula is C10H14N4. The molecule has 2 aromatic heterocycles. The first-order valence-corrected chi connectivity index (χ1v) is 4.68. The van der Waals surface area contributed by atoms with Crippen LogP contribution in [0.2, 0.25) is 0 Å². The molecule has 0 saturated carbocycles. The van der Waals surface area contributed by atoms with Gasteiger partial charge in [0.25, 0.3) is 0 Å². The number of nitrogens with zero attached hydrogens (tertiary/aromatic N) is 4. The molecule has 0 saturated heterocycles. The molecule has 14 heavy (non-hydrogen) atoms. The van der Waals surface area contributed by atoms with Crippen LogP contribution in [0.5, 0.6) is 0 Å². The summed E-state index contributed by atoms with van der Waals surface area (Å²) in [6.07, 6.45) is 5.16. The molecule has 4 heteroatoms. The van der Waals surface area contributed by atoms with Gasteiger partial charge in [-0.25, -0.2) is 15.0 Å². The van der Waals surface area contributed by atoms with Crippen LogP contribution < -0.4 is 0 Å². The van der Waals surface area contributed by atoms with Crippen molar-refractivity contribution in [2.75, 3.05) is 0 Å². The van der Waals surface area contributed by atoms with Gasteiger partial charge in [0.05, 0.1) is 6.33 Å². The second kappa shape index (κ2) is 3.04. The fourth-order valence-electron chi connectivity index (χ4n) is 1.42. The van der Waals surface area contributed by atoms with Crippen LogP contribution in [0.1, 0.15) is 20.8 Å². The highest BCUT2D eigenvalue weighted by atomic mass is 15.1. The summed E-state index contributed by atoms with van der Waals surface area (Å²) in [7, 11) is 0. The SMILES string of the molecule is CC(C)(C)Cn1cnc2nccnc21. The van der Waals surface area contributed by atoms with Crippen LogP contribution in [-0.4, -0.2) is 19.5 Å². The Balaban J connectivity index is 2.44. The van der Waals surface area contributed by atoms with Crippen molar-refractivity contribution in [3.8, 4) is 0 Å². The van der Waals surface area contributed by atoms with Crippen molar-refractivity contribution >= 4 is 11.3 Å². The average Bonchev–Trinajstić information content (AvgIpc) is 2.47. The minimum Gasteiger partial charge on any atom is -0.313 e. The van der Waals surface area contributed by atoms with E-state index in [0.29, 0.717) is 0 Å². The maximum absolute atomic E-state index is 4.26. The largest absolute Gasteiger partial charge is 0.313 e. The standard InChI is InChI=1S/C10H14N4/c1-10(2,3)6-14-7-13-8-9(14)12-5-4-11-8/h4-5,7H,6H2,1-3H3. The zero-order valence-corrected chi connectivity index (χ0v) is 8.73. The summed E-state index contributed by atoms with van der Waals surface area (Å²) in [6, 6.07) is 0. The van der Waals surface area contributed by atoms with E-state index >= 15 is 0 Å². The lowest BCUT2D eigenvalue weighted by Crippen LogP contribution is -2.14. The Kier molecular flexibility index (Phi) is 1.98. The van der Waals surface area contributed by atoms with Gasteiger partial charge in [0, 0.05) is 18.9 Å². The summed E-state index contributed by atoms with van der Waals surface area (Å²) in [5.41, 5.74) is 1.81. The fraction of sp³-hybridized carbons (Fsp3) is 0.500. The monoisotopic (exact) mass is 190 g/mol. The summed E-state index contributed by atoms with van der Waals surface area (Å²) in [5.74, 6) is 0. The van der Waals surface area contributed by atoms with Gasteiger partial charge in [-0.15, -0.1) is 0 Å². The van der Waals surface area contributed by atoms with Crippen LogP contribution in [0, 0.1) is 5.41 Å². The van der Waals surface area contributed by atoms with Crippen molar-refractivity contribution in [1.29, 1.82) is 0 Å². The third-order valence-corrected chi connectivity index (χ3v) is 1.90. The van der Waals surface area contributed by atoms with Gasteiger partial charge in [0.15, 0.2) is 11.3 Å². The van der Waals surface area contributed by atoms with E-state index in [9.17, 15) is 0 Å². The molecular weight excluding hydrogens is 176 g/mol. The molecule has 4 nitrogen and oxygen atoms in total. The molecule has 2 heterocycles. The highest BCUT2D eigenvalue weighted by Crippen LogP contribution is 2.18. The second-order valence-corrected chi connectivity index (χ2v) is 4.64. The summed E-state index contributed by atoms with van der Waals surface area (Å²) >= 11 is 0. The Labute approximate surface area is 83.0 Å². The van der Waals surface area contributed by atoms with Gasteiger partial charge in [-0.05, 0) is 5.41 Å². The lowest BCUT2D eigenvalue weighted by atomic mass is 9.97. The molecule has 0 bridgehead atoms. The zero-order chi connectivity index (χ0) is 10.2. The Morgan fingerprint density at radius 2 is 1.86 bits per heavy atom. The Morgan fingerprint density at radius 1 is 1.14 bits per heavy atom. The second-order valence-electron chi connectivity index (χ2n) is 4.64. The van der Waals surface area contributed by atoms with E-state index in [1.54, 1.807) is 18.7 Å². The van der Waals surface area contributed by atoms with Gasteiger partial charge in [-0.1, -0.05) is 20.8 Å². The van der Waals surface area contributed by atoms with E-state index in [4.69, 9.17) is 0 Å². The smallest absolute Gasteiger partial charge is 0.197 e. The maximum Gasteiger partial charge on any atom is 0.197 e. The fourth-order valence-corrected chi connectivity index (χ4v) is 1.42. The van der Waals surface area contributed by atoms with Crippen molar-refractivity contribution in [1.82, 2.24) is 19.5 Å². The third-order valence-electron chi connectivity index (χ3n) is 1.90. The van der Waals surface area contributed by atoms with E-state index in [2.05, 4.69) is 35.7 Å². The minimum atomic E-state index is 0.227. The summed E-state index contributed by atoms with van der Waals surface area (Å²) in [4.78, 5) is 12.6. The van der Waals surface area contributed by atoms with Gasteiger partial charge in [0.2, 0.25) is 0 Å². The maximum atomic E-state index is 4.26. The molecule has 0 radical (unpaired) electrons. The molecule has 0 spiro atoms. The summed E-state index contributed by atoms with van der Waals surface area (Å²) < 4.78 is 2.04. The highest BCUT2D eigenvalue weighted by molar-refractivity contribution is 5.64. The summed E-state index contributed by atoms with van der Waals surface area (Å²) in [6.45, 7) is 7.47. The predicted molar refractivity (Wildman–Crippen MR) is 54.8 cm³/mol. The van der Waals surface area contributed by atoms with E-state index in [1.165, 1.54) is 0 Å². The first-order valence-electron chi connectivity index (χ1n) is 4.68. The van der Waals surface area contributed by atoms with Crippen LogP contribution >= 0.6 is 0 Å². The van der Waals surface area contributed by atoms with E-state index in [0.717, 1.165) is 17.8 Å². The Bertz CT molecular complexity index is 439. The molecule has 0 atom stereocenters. The normalized spacial score (nSPS) is 12.2. The van der Waals surface area contributed by atoms with E-state index in [-0.39, 0.29) is 5.41 Å². The first-order chi connectivity index (χ1) is 6.56. The molecule has 0 N–H and O–H groups in total. The molecule has 0 aliphatic heterocycles.